The number of fused-ring (bicyclic) bond motifs is 1. The van der Waals surface area contributed by atoms with Gasteiger partial charge in [-0.15, -0.1) is 11.3 Å². The molecule has 19 heavy (non-hydrogen) atoms. The monoisotopic (exact) mass is 313 g/mol. The first-order valence-electron chi connectivity index (χ1n) is 5.74. The van der Waals surface area contributed by atoms with Gasteiger partial charge in [0, 0.05) is 11.3 Å². The number of rotatable bonds is 2. The Bertz CT molecular complexity index is 656. The molecule has 0 atom stereocenters. The summed E-state index contributed by atoms with van der Waals surface area (Å²) in [5, 5.41) is 2.79. The lowest BCUT2D eigenvalue weighted by Crippen LogP contribution is -2.14. The molecular formula is C12H9Cl2N3OS. The van der Waals surface area contributed by atoms with Crippen molar-refractivity contribution in [3.05, 3.63) is 37.9 Å². The lowest BCUT2D eigenvalue weighted by Gasteiger charge is -2.07. The van der Waals surface area contributed by atoms with Crippen LogP contribution < -0.4 is 5.32 Å². The Kier molecular flexibility index (Phi) is 3.43. The summed E-state index contributed by atoms with van der Waals surface area (Å²) < 4.78 is 0.872. The highest BCUT2D eigenvalue weighted by Crippen LogP contribution is 2.32. The summed E-state index contributed by atoms with van der Waals surface area (Å²) in [5.74, 6) is 0.284. The third-order valence-corrected chi connectivity index (χ3v) is 4.50. The highest BCUT2D eigenvalue weighted by Gasteiger charge is 2.20. The Labute approximate surface area is 123 Å². The van der Waals surface area contributed by atoms with Crippen LogP contribution in [0.3, 0.4) is 0 Å². The molecule has 0 radical (unpaired) electrons. The smallest absolute Gasteiger partial charge is 0.259 e. The Morgan fingerprint density at radius 2 is 2.16 bits per heavy atom. The highest BCUT2D eigenvalue weighted by molar-refractivity contribution is 7.20. The molecule has 2 aromatic heterocycles. The number of hydrogen-bond donors (Lipinski definition) is 1. The molecule has 7 heteroatoms. The van der Waals surface area contributed by atoms with Crippen LogP contribution in [0.25, 0.3) is 0 Å². The van der Waals surface area contributed by atoms with Crippen molar-refractivity contribution in [3.63, 3.8) is 0 Å². The fourth-order valence-corrected chi connectivity index (χ4v) is 3.60. The molecule has 3 rings (SSSR count). The minimum absolute atomic E-state index is 0.291. The number of thiophene rings is 1. The summed E-state index contributed by atoms with van der Waals surface area (Å²) in [6.07, 6.45) is 4.35. The van der Waals surface area contributed by atoms with E-state index in [1.807, 2.05) is 0 Å². The quantitative estimate of drug-likeness (QED) is 0.921. The SMILES string of the molecule is O=C(Nc1ncnc2c1CCC2)c1cc(Cl)sc1Cl. The summed E-state index contributed by atoms with van der Waals surface area (Å²) in [6, 6.07) is 1.56. The first-order valence-corrected chi connectivity index (χ1v) is 7.31. The van der Waals surface area contributed by atoms with E-state index in [-0.39, 0.29) is 5.91 Å². The zero-order valence-corrected chi connectivity index (χ0v) is 12.1. The minimum Gasteiger partial charge on any atom is -0.306 e. The summed E-state index contributed by atoms with van der Waals surface area (Å²) in [7, 11) is 0. The van der Waals surface area contributed by atoms with E-state index in [9.17, 15) is 4.79 Å². The molecule has 0 bridgehead atoms. The number of aromatic nitrogens is 2. The fourth-order valence-electron chi connectivity index (χ4n) is 2.14. The number of hydrogen-bond acceptors (Lipinski definition) is 4. The predicted octanol–water partition coefficient (Wildman–Crippen LogP) is 3.59. The van der Waals surface area contributed by atoms with Crippen LogP contribution in [0.2, 0.25) is 8.67 Å². The van der Waals surface area contributed by atoms with Gasteiger partial charge in [0.05, 0.1) is 9.90 Å². The van der Waals surface area contributed by atoms with Crippen molar-refractivity contribution < 1.29 is 4.79 Å². The number of aryl methyl sites for hydroxylation is 1. The van der Waals surface area contributed by atoms with Gasteiger partial charge in [0.1, 0.15) is 16.5 Å². The molecule has 2 aromatic rings. The molecule has 98 valence electrons. The number of halogens is 2. The molecular weight excluding hydrogens is 305 g/mol. The standard InChI is InChI=1S/C12H9Cl2N3OS/c13-9-4-7(10(14)19-9)12(18)17-11-6-2-1-3-8(6)15-5-16-11/h4-5H,1-3H2,(H,15,16,17,18). The second kappa shape index (κ2) is 5.07. The third-order valence-electron chi connectivity index (χ3n) is 3.01. The molecule has 0 saturated carbocycles. The maximum atomic E-state index is 12.1. The van der Waals surface area contributed by atoms with Crippen molar-refractivity contribution in [2.45, 2.75) is 19.3 Å². The average Bonchev–Trinajstić information content (AvgIpc) is 2.96. The number of anilines is 1. The Morgan fingerprint density at radius 1 is 1.32 bits per heavy atom. The highest BCUT2D eigenvalue weighted by atomic mass is 35.5. The normalized spacial score (nSPS) is 13.4. The van der Waals surface area contributed by atoms with Crippen molar-refractivity contribution in [1.82, 2.24) is 9.97 Å². The van der Waals surface area contributed by atoms with Crippen molar-refractivity contribution in [2.75, 3.05) is 5.32 Å². The lowest BCUT2D eigenvalue weighted by atomic mass is 10.2. The molecule has 0 fully saturated rings. The summed E-state index contributed by atoms with van der Waals surface area (Å²) >= 11 is 13.0. The number of carbonyl (C=O) groups is 1. The van der Waals surface area contributed by atoms with Gasteiger partial charge in [-0.1, -0.05) is 23.2 Å². The van der Waals surface area contributed by atoms with Crippen LogP contribution in [-0.2, 0) is 12.8 Å². The molecule has 0 saturated heterocycles. The Hall–Kier alpha value is -1.17. The molecule has 0 spiro atoms. The van der Waals surface area contributed by atoms with Gasteiger partial charge in [-0.3, -0.25) is 4.79 Å². The van der Waals surface area contributed by atoms with Crippen LogP contribution in [-0.4, -0.2) is 15.9 Å². The van der Waals surface area contributed by atoms with Crippen LogP contribution in [0.5, 0.6) is 0 Å². The van der Waals surface area contributed by atoms with E-state index in [1.165, 1.54) is 17.7 Å². The summed E-state index contributed by atoms with van der Waals surface area (Å²) in [6.45, 7) is 0. The number of amides is 1. The number of carbonyl (C=O) groups excluding carboxylic acids is 1. The maximum Gasteiger partial charge on any atom is 0.259 e. The molecule has 4 nitrogen and oxygen atoms in total. The van der Waals surface area contributed by atoms with Crippen molar-refractivity contribution >= 4 is 46.3 Å². The predicted molar refractivity (Wildman–Crippen MR) is 76.3 cm³/mol. The molecule has 1 aliphatic carbocycles. The largest absolute Gasteiger partial charge is 0.306 e. The summed E-state index contributed by atoms with van der Waals surface area (Å²) in [5.41, 5.74) is 2.41. The van der Waals surface area contributed by atoms with E-state index < -0.39 is 0 Å². The van der Waals surface area contributed by atoms with Gasteiger partial charge in [-0.05, 0) is 25.3 Å². The van der Waals surface area contributed by atoms with Crippen LogP contribution in [0.1, 0.15) is 28.0 Å². The van der Waals surface area contributed by atoms with Crippen LogP contribution in [0.15, 0.2) is 12.4 Å². The molecule has 1 aliphatic rings. The van der Waals surface area contributed by atoms with Gasteiger partial charge in [0.15, 0.2) is 0 Å². The lowest BCUT2D eigenvalue weighted by molar-refractivity contribution is 0.102. The van der Waals surface area contributed by atoms with E-state index in [0.29, 0.717) is 20.1 Å². The first-order chi connectivity index (χ1) is 9.15. The van der Waals surface area contributed by atoms with E-state index in [2.05, 4.69) is 15.3 Å². The van der Waals surface area contributed by atoms with Crippen LogP contribution in [0, 0.1) is 0 Å². The molecule has 0 unspecified atom stereocenters. The third kappa shape index (κ3) is 2.45. The minimum atomic E-state index is -0.291. The Morgan fingerprint density at radius 3 is 2.89 bits per heavy atom. The fraction of sp³-hybridized carbons (Fsp3) is 0.250. The molecule has 2 heterocycles. The topological polar surface area (TPSA) is 54.9 Å². The van der Waals surface area contributed by atoms with Crippen molar-refractivity contribution in [1.29, 1.82) is 0 Å². The van der Waals surface area contributed by atoms with E-state index in [1.54, 1.807) is 6.07 Å². The number of nitrogens with zero attached hydrogens (tertiary/aromatic N) is 2. The van der Waals surface area contributed by atoms with Gasteiger partial charge in [-0.2, -0.15) is 0 Å². The van der Waals surface area contributed by atoms with Gasteiger partial charge < -0.3 is 5.32 Å². The zero-order chi connectivity index (χ0) is 13.4. The van der Waals surface area contributed by atoms with Crippen LogP contribution >= 0.6 is 34.5 Å². The Balaban J connectivity index is 1.88. The number of nitrogens with one attached hydrogen (secondary N) is 1. The van der Waals surface area contributed by atoms with E-state index in [0.717, 1.165) is 30.5 Å². The van der Waals surface area contributed by atoms with Crippen molar-refractivity contribution in [3.8, 4) is 0 Å². The van der Waals surface area contributed by atoms with Gasteiger partial charge in [-0.25, -0.2) is 9.97 Å². The second-order valence-corrected chi connectivity index (χ2v) is 6.48. The summed E-state index contributed by atoms with van der Waals surface area (Å²) in [4.78, 5) is 20.5. The molecule has 1 N–H and O–H groups in total. The van der Waals surface area contributed by atoms with E-state index >= 15 is 0 Å². The van der Waals surface area contributed by atoms with Gasteiger partial charge in [0.25, 0.3) is 5.91 Å². The first kappa shape index (κ1) is 12.8. The molecule has 1 amide bonds. The van der Waals surface area contributed by atoms with Gasteiger partial charge in [0.2, 0.25) is 0 Å². The average molecular weight is 314 g/mol. The van der Waals surface area contributed by atoms with Gasteiger partial charge >= 0.3 is 0 Å². The second-order valence-electron chi connectivity index (χ2n) is 4.19. The van der Waals surface area contributed by atoms with Crippen LogP contribution in [0.4, 0.5) is 5.82 Å². The van der Waals surface area contributed by atoms with Crippen molar-refractivity contribution in [2.24, 2.45) is 0 Å². The van der Waals surface area contributed by atoms with E-state index in [4.69, 9.17) is 23.2 Å². The zero-order valence-electron chi connectivity index (χ0n) is 9.74. The molecule has 0 aliphatic heterocycles. The molecule has 0 aromatic carbocycles. The maximum absolute atomic E-state index is 12.1.